The molecule has 0 heterocycles. The van der Waals surface area contributed by atoms with Gasteiger partial charge in [-0.1, -0.05) is 6.08 Å². The third-order valence-corrected chi connectivity index (χ3v) is 0.718. The van der Waals surface area contributed by atoms with Gasteiger partial charge >= 0.3 is 0 Å². The molecule has 0 bridgehead atoms. The van der Waals surface area contributed by atoms with E-state index in [9.17, 15) is 0 Å². The minimum atomic E-state index is -0.495. The Bertz CT molecular complexity index is 75.0. The summed E-state index contributed by atoms with van der Waals surface area (Å²) in [6.07, 6.45) is 1.19. The molecule has 0 saturated heterocycles. The van der Waals surface area contributed by atoms with Crippen molar-refractivity contribution < 1.29 is 0 Å². The number of hydrogen-bond acceptors (Lipinski definition) is 3. The van der Waals surface area contributed by atoms with Gasteiger partial charge in [0.25, 0.3) is 0 Å². The summed E-state index contributed by atoms with van der Waals surface area (Å²) in [5.41, 5.74) is 16.0. The van der Waals surface area contributed by atoms with Crippen molar-refractivity contribution in [2.45, 2.75) is 13.1 Å². The van der Waals surface area contributed by atoms with Gasteiger partial charge in [-0.15, -0.1) is 0 Å². The highest BCUT2D eigenvalue weighted by molar-refractivity contribution is 5.00. The van der Waals surface area contributed by atoms with E-state index < -0.39 is 6.17 Å². The van der Waals surface area contributed by atoms with Crippen LogP contribution in [-0.4, -0.2) is 6.17 Å². The van der Waals surface area contributed by atoms with Gasteiger partial charge in [-0.2, -0.15) is 0 Å². The smallest absolute Gasteiger partial charge is 0.0928 e. The van der Waals surface area contributed by atoms with Crippen LogP contribution in [0, 0.1) is 0 Å². The van der Waals surface area contributed by atoms with Gasteiger partial charge in [-0.25, -0.2) is 0 Å². The Morgan fingerprint density at radius 3 is 2.00 bits per heavy atom. The van der Waals surface area contributed by atoms with Crippen molar-refractivity contribution in [1.29, 1.82) is 0 Å². The van der Waals surface area contributed by atoms with Gasteiger partial charge in [-0.3, -0.25) is 0 Å². The predicted octanol–water partition coefficient (Wildman–Crippen LogP) is -0.908. The van der Waals surface area contributed by atoms with Gasteiger partial charge in [0.2, 0.25) is 0 Å². The van der Waals surface area contributed by atoms with E-state index in [0.717, 1.165) is 0 Å². The Hall–Kier alpha value is -0.540. The van der Waals surface area contributed by atoms with Gasteiger partial charge in [0.15, 0.2) is 0 Å². The fourth-order valence-electron chi connectivity index (χ4n) is 0.192. The average Bonchev–Trinajstić information content (AvgIpc) is 1.65. The van der Waals surface area contributed by atoms with Crippen LogP contribution in [0.1, 0.15) is 6.92 Å². The zero-order valence-electron chi connectivity index (χ0n) is 4.39. The third kappa shape index (κ3) is 2.19. The lowest BCUT2D eigenvalue weighted by atomic mass is 10.4. The molecule has 0 rings (SSSR count). The lowest BCUT2D eigenvalue weighted by Crippen LogP contribution is -2.36. The summed E-state index contributed by atoms with van der Waals surface area (Å²) in [4.78, 5) is 0. The maximum absolute atomic E-state index is 5.23. The summed E-state index contributed by atoms with van der Waals surface area (Å²) >= 11 is 0. The summed E-state index contributed by atoms with van der Waals surface area (Å²) in [5.74, 6) is 0. The zero-order chi connectivity index (χ0) is 5.86. The van der Waals surface area contributed by atoms with Crippen molar-refractivity contribution in [2.24, 2.45) is 17.2 Å². The Morgan fingerprint density at radius 2 is 2.00 bits per heavy atom. The molecule has 42 valence electrons. The van der Waals surface area contributed by atoms with Crippen LogP contribution in [0.25, 0.3) is 0 Å². The summed E-state index contributed by atoms with van der Waals surface area (Å²) in [5, 5.41) is 0. The molecule has 0 aliphatic heterocycles. The minimum absolute atomic E-state index is 0.495. The molecule has 0 aromatic carbocycles. The molecule has 0 unspecified atom stereocenters. The molecule has 3 heteroatoms. The SMILES string of the molecule is CC=C(N)C(N)N. The van der Waals surface area contributed by atoms with Crippen LogP contribution >= 0.6 is 0 Å². The van der Waals surface area contributed by atoms with Crippen LogP contribution in [0.4, 0.5) is 0 Å². The predicted molar refractivity (Wildman–Crippen MR) is 30.1 cm³/mol. The largest absolute Gasteiger partial charge is 0.400 e. The summed E-state index contributed by atoms with van der Waals surface area (Å²) in [7, 11) is 0. The lowest BCUT2D eigenvalue weighted by molar-refractivity contribution is 0.803. The zero-order valence-corrected chi connectivity index (χ0v) is 4.39. The molecule has 0 saturated carbocycles. The van der Waals surface area contributed by atoms with Crippen molar-refractivity contribution in [3.8, 4) is 0 Å². The summed E-state index contributed by atoms with van der Waals surface area (Å²) in [6, 6.07) is 0. The highest BCUT2D eigenvalue weighted by Gasteiger charge is 1.91. The van der Waals surface area contributed by atoms with Gasteiger partial charge in [0.05, 0.1) is 6.17 Å². The van der Waals surface area contributed by atoms with Crippen molar-refractivity contribution in [3.05, 3.63) is 11.8 Å². The highest BCUT2D eigenvalue weighted by Crippen LogP contribution is 1.79. The number of nitrogens with two attached hydrogens (primary N) is 3. The maximum atomic E-state index is 5.23. The van der Waals surface area contributed by atoms with E-state index in [1.807, 2.05) is 0 Å². The molecular weight excluding hydrogens is 90.1 g/mol. The quantitative estimate of drug-likeness (QED) is 0.374. The van der Waals surface area contributed by atoms with Crippen molar-refractivity contribution in [3.63, 3.8) is 0 Å². The second kappa shape index (κ2) is 2.60. The van der Waals surface area contributed by atoms with Crippen LogP contribution < -0.4 is 17.2 Å². The van der Waals surface area contributed by atoms with E-state index in [2.05, 4.69) is 0 Å². The molecule has 7 heavy (non-hydrogen) atoms. The molecule has 0 aromatic heterocycles. The molecule has 6 N–H and O–H groups in total. The monoisotopic (exact) mass is 101 g/mol. The second-order valence-corrected chi connectivity index (χ2v) is 1.31. The van der Waals surface area contributed by atoms with Gasteiger partial charge in [0, 0.05) is 5.70 Å². The van der Waals surface area contributed by atoms with E-state index in [1.54, 1.807) is 13.0 Å². The van der Waals surface area contributed by atoms with E-state index in [4.69, 9.17) is 17.2 Å². The lowest BCUT2D eigenvalue weighted by Gasteiger charge is -2.01. The first-order chi connectivity index (χ1) is 3.18. The van der Waals surface area contributed by atoms with Crippen molar-refractivity contribution in [1.82, 2.24) is 0 Å². The van der Waals surface area contributed by atoms with Gasteiger partial charge in [0.1, 0.15) is 0 Å². The first-order valence-electron chi connectivity index (χ1n) is 2.11. The molecule has 0 atom stereocenters. The van der Waals surface area contributed by atoms with Crippen LogP contribution in [0.15, 0.2) is 11.8 Å². The Labute approximate surface area is 43.2 Å². The normalized spacial score (nSPS) is 12.9. The molecule has 0 fully saturated rings. The minimum Gasteiger partial charge on any atom is -0.400 e. The molecule has 3 nitrogen and oxygen atoms in total. The van der Waals surface area contributed by atoms with Crippen LogP contribution in [-0.2, 0) is 0 Å². The van der Waals surface area contributed by atoms with E-state index in [-0.39, 0.29) is 0 Å². The highest BCUT2D eigenvalue weighted by atomic mass is 14.9. The summed E-state index contributed by atoms with van der Waals surface area (Å²) in [6.45, 7) is 1.79. The van der Waals surface area contributed by atoms with Crippen LogP contribution in [0.2, 0.25) is 0 Å². The number of allylic oxidation sites excluding steroid dienone is 1. The molecule has 0 spiro atoms. The number of hydrogen-bond donors (Lipinski definition) is 3. The maximum Gasteiger partial charge on any atom is 0.0928 e. The first kappa shape index (κ1) is 6.46. The molecule has 0 aromatic rings. The Kier molecular flexibility index (Phi) is 2.40. The van der Waals surface area contributed by atoms with E-state index >= 15 is 0 Å². The van der Waals surface area contributed by atoms with Crippen LogP contribution in [0.3, 0.4) is 0 Å². The number of rotatable bonds is 1. The third-order valence-electron chi connectivity index (χ3n) is 0.718. The Morgan fingerprint density at radius 1 is 1.57 bits per heavy atom. The van der Waals surface area contributed by atoms with Gasteiger partial charge in [-0.05, 0) is 6.92 Å². The fraction of sp³-hybridized carbons (Fsp3) is 0.500. The average molecular weight is 101 g/mol. The van der Waals surface area contributed by atoms with E-state index in [0.29, 0.717) is 5.70 Å². The van der Waals surface area contributed by atoms with E-state index in [1.165, 1.54) is 0 Å². The molecule has 0 amide bonds. The molecule has 0 aliphatic carbocycles. The fourth-order valence-corrected chi connectivity index (χ4v) is 0.192. The Balaban J connectivity index is 3.56. The van der Waals surface area contributed by atoms with Crippen molar-refractivity contribution in [2.75, 3.05) is 0 Å². The molecule has 0 radical (unpaired) electrons. The van der Waals surface area contributed by atoms with Gasteiger partial charge < -0.3 is 17.2 Å². The topological polar surface area (TPSA) is 78.1 Å². The second-order valence-electron chi connectivity index (χ2n) is 1.31. The molecular formula is C4H11N3. The van der Waals surface area contributed by atoms with Crippen LogP contribution in [0.5, 0.6) is 0 Å². The summed E-state index contributed by atoms with van der Waals surface area (Å²) < 4.78 is 0. The standard InChI is InChI=1S/C4H11N3/c1-2-3(5)4(6)7/h2,4H,5-7H2,1H3. The molecule has 0 aliphatic rings. The van der Waals surface area contributed by atoms with Crippen molar-refractivity contribution >= 4 is 0 Å². The first-order valence-corrected chi connectivity index (χ1v) is 2.11.